The Hall–Kier alpha value is -2.73. The number of rotatable bonds is 4. The van der Waals surface area contributed by atoms with E-state index in [1.807, 2.05) is 46.7 Å². The first-order valence-electron chi connectivity index (χ1n) is 8.56. The number of aromatic nitrogens is 1. The van der Waals surface area contributed by atoms with E-state index in [0.717, 1.165) is 29.2 Å². The Kier molecular flexibility index (Phi) is 4.67. The molecule has 1 aliphatic heterocycles. The summed E-state index contributed by atoms with van der Waals surface area (Å²) < 4.78 is 5.29. The van der Waals surface area contributed by atoms with Crippen molar-refractivity contribution in [3.05, 3.63) is 64.6 Å². The van der Waals surface area contributed by atoms with Gasteiger partial charge in [0.15, 0.2) is 12.3 Å². The fourth-order valence-corrected chi connectivity index (χ4v) is 4.14. The van der Waals surface area contributed by atoms with Crippen LogP contribution < -0.4 is 0 Å². The van der Waals surface area contributed by atoms with Crippen molar-refractivity contribution in [1.82, 2.24) is 9.88 Å². The van der Waals surface area contributed by atoms with E-state index >= 15 is 0 Å². The van der Waals surface area contributed by atoms with Crippen LogP contribution in [0.15, 0.2) is 53.4 Å². The third-order valence-corrected chi connectivity index (χ3v) is 5.40. The maximum Gasteiger partial charge on any atom is 0.358 e. The van der Waals surface area contributed by atoms with Crippen LogP contribution in [0, 0.1) is 0 Å². The minimum Gasteiger partial charge on any atom is -0.451 e. The molecule has 0 bridgehead atoms. The Balaban J connectivity index is 1.45. The maximum absolute atomic E-state index is 12.6. The smallest absolute Gasteiger partial charge is 0.358 e. The number of fused-ring (bicyclic) bond motifs is 1. The number of amides is 1. The molecule has 1 aliphatic rings. The van der Waals surface area contributed by atoms with Crippen LogP contribution in [0.5, 0.6) is 0 Å². The van der Waals surface area contributed by atoms with Gasteiger partial charge >= 0.3 is 5.97 Å². The largest absolute Gasteiger partial charge is 0.451 e. The van der Waals surface area contributed by atoms with Crippen molar-refractivity contribution in [2.24, 2.45) is 0 Å². The van der Waals surface area contributed by atoms with Gasteiger partial charge in [0.1, 0.15) is 0 Å². The van der Waals surface area contributed by atoms with Gasteiger partial charge in [0.05, 0.1) is 6.04 Å². The molecule has 1 saturated heterocycles. The predicted molar refractivity (Wildman–Crippen MR) is 100 cm³/mol. The minimum absolute atomic E-state index is 0.0862. The molecule has 1 aromatic carbocycles. The molecule has 3 heterocycles. The standard InChI is InChI=1S/C20H18N2O3S/c23-18(22-10-3-6-17(22)15-8-11-26-13-15)12-25-20(24)19-16-5-2-1-4-14(16)7-9-21-19/h1-2,4-5,7-9,11,13,17H,3,6,10,12H2/t17-/m1/s1. The maximum atomic E-state index is 12.6. The van der Waals surface area contributed by atoms with Crippen LogP contribution >= 0.6 is 11.3 Å². The van der Waals surface area contributed by atoms with Crippen molar-refractivity contribution in [2.75, 3.05) is 13.2 Å². The van der Waals surface area contributed by atoms with E-state index in [2.05, 4.69) is 10.4 Å². The highest BCUT2D eigenvalue weighted by atomic mass is 32.1. The van der Waals surface area contributed by atoms with E-state index in [0.29, 0.717) is 6.54 Å². The van der Waals surface area contributed by atoms with Crippen LogP contribution in [0.4, 0.5) is 0 Å². The average molecular weight is 366 g/mol. The van der Waals surface area contributed by atoms with Gasteiger partial charge in [0.25, 0.3) is 5.91 Å². The van der Waals surface area contributed by atoms with Crippen molar-refractivity contribution >= 4 is 34.0 Å². The number of thiophene rings is 1. The van der Waals surface area contributed by atoms with Gasteiger partial charge in [0.2, 0.25) is 0 Å². The molecule has 0 radical (unpaired) electrons. The van der Waals surface area contributed by atoms with Crippen LogP contribution in [0.1, 0.15) is 34.9 Å². The lowest BCUT2D eigenvalue weighted by Crippen LogP contribution is -2.34. The topological polar surface area (TPSA) is 59.5 Å². The van der Waals surface area contributed by atoms with Gasteiger partial charge in [-0.15, -0.1) is 0 Å². The SMILES string of the molecule is O=C(OCC(=O)N1CCC[C@@H]1c1ccsc1)c1nccc2ccccc12. The van der Waals surface area contributed by atoms with Crippen LogP contribution in [0.3, 0.4) is 0 Å². The summed E-state index contributed by atoms with van der Waals surface area (Å²) in [5.41, 5.74) is 1.40. The number of carbonyl (C=O) groups excluding carboxylic acids is 2. The molecule has 26 heavy (non-hydrogen) atoms. The number of pyridine rings is 1. The molecule has 2 aromatic heterocycles. The highest BCUT2D eigenvalue weighted by Crippen LogP contribution is 2.33. The number of nitrogens with zero attached hydrogens (tertiary/aromatic N) is 2. The van der Waals surface area contributed by atoms with Crippen LogP contribution in [-0.4, -0.2) is 34.9 Å². The molecule has 132 valence electrons. The first kappa shape index (κ1) is 16.7. The third-order valence-electron chi connectivity index (χ3n) is 4.69. The van der Waals surface area contributed by atoms with Crippen molar-refractivity contribution < 1.29 is 14.3 Å². The minimum atomic E-state index is -0.568. The molecule has 0 aliphatic carbocycles. The Morgan fingerprint density at radius 1 is 1.23 bits per heavy atom. The van der Waals surface area contributed by atoms with E-state index < -0.39 is 5.97 Å². The van der Waals surface area contributed by atoms with E-state index in [4.69, 9.17) is 4.74 Å². The van der Waals surface area contributed by atoms with E-state index in [1.165, 1.54) is 0 Å². The summed E-state index contributed by atoms with van der Waals surface area (Å²) in [6.07, 6.45) is 3.49. The second kappa shape index (κ2) is 7.25. The second-order valence-electron chi connectivity index (χ2n) is 6.26. The molecule has 4 rings (SSSR count). The molecule has 3 aromatic rings. The second-order valence-corrected chi connectivity index (χ2v) is 7.04. The molecule has 1 fully saturated rings. The Bertz CT molecular complexity index is 934. The quantitative estimate of drug-likeness (QED) is 0.659. The molecule has 0 unspecified atom stereocenters. The van der Waals surface area contributed by atoms with Crippen molar-refractivity contribution in [2.45, 2.75) is 18.9 Å². The number of carbonyl (C=O) groups is 2. The summed E-state index contributed by atoms with van der Waals surface area (Å²) in [4.78, 5) is 31.0. The van der Waals surface area contributed by atoms with Crippen molar-refractivity contribution in [3.63, 3.8) is 0 Å². The molecule has 0 spiro atoms. The Morgan fingerprint density at radius 3 is 2.96 bits per heavy atom. The monoisotopic (exact) mass is 366 g/mol. The first-order valence-corrected chi connectivity index (χ1v) is 9.51. The van der Waals surface area contributed by atoms with Gasteiger partial charge in [-0.3, -0.25) is 4.79 Å². The number of ether oxygens (including phenoxy) is 1. The summed E-state index contributed by atoms with van der Waals surface area (Å²) in [5, 5.41) is 5.73. The summed E-state index contributed by atoms with van der Waals surface area (Å²) in [5.74, 6) is -0.728. The number of benzene rings is 1. The normalized spacial score (nSPS) is 16.8. The lowest BCUT2D eigenvalue weighted by atomic mass is 10.1. The van der Waals surface area contributed by atoms with Gasteiger partial charge in [-0.05, 0) is 46.7 Å². The van der Waals surface area contributed by atoms with Gasteiger partial charge in [0, 0.05) is 18.1 Å². The van der Waals surface area contributed by atoms with Gasteiger partial charge < -0.3 is 9.64 Å². The summed E-state index contributed by atoms with van der Waals surface area (Å²) in [6, 6.07) is 11.5. The van der Waals surface area contributed by atoms with Crippen LogP contribution in [-0.2, 0) is 9.53 Å². The van der Waals surface area contributed by atoms with E-state index in [-0.39, 0.29) is 24.2 Å². The summed E-state index contributed by atoms with van der Waals surface area (Å²) >= 11 is 1.63. The van der Waals surface area contributed by atoms with Crippen LogP contribution in [0.25, 0.3) is 10.8 Å². The lowest BCUT2D eigenvalue weighted by molar-refractivity contribution is -0.135. The first-order chi connectivity index (χ1) is 12.7. The summed E-state index contributed by atoms with van der Waals surface area (Å²) in [6.45, 7) is 0.438. The Labute approximate surface area is 155 Å². The number of hydrogen-bond acceptors (Lipinski definition) is 5. The van der Waals surface area contributed by atoms with Gasteiger partial charge in [-0.2, -0.15) is 11.3 Å². The van der Waals surface area contributed by atoms with Crippen molar-refractivity contribution in [3.8, 4) is 0 Å². The van der Waals surface area contributed by atoms with Crippen LogP contribution in [0.2, 0.25) is 0 Å². The number of hydrogen-bond donors (Lipinski definition) is 0. The molecule has 0 N–H and O–H groups in total. The average Bonchev–Trinajstić information content (AvgIpc) is 3.36. The van der Waals surface area contributed by atoms with Crippen molar-refractivity contribution in [1.29, 1.82) is 0 Å². The van der Waals surface area contributed by atoms with E-state index in [9.17, 15) is 9.59 Å². The molecule has 5 nitrogen and oxygen atoms in total. The number of likely N-dealkylation sites (tertiary alicyclic amines) is 1. The van der Waals surface area contributed by atoms with E-state index in [1.54, 1.807) is 17.5 Å². The molecule has 1 amide bonds. The zero-order chi connectivity index (χ0) is 17.9. The van der Waals surface area contributed by atoms with Gasteiger partial charge in [-0.25, -0.2) is 9.78 Å². The zero-order valence-electron chi connectivity index (χ0n) is 14.1. The molecular formula is C20H18N2O3S. The lowest BCUT2D eigenvalue weighted by Gasteiger charge is -2.24. The predicted octanol–water partition coefficient (Wildman–Crippen LogP) is 3.82. The molecule has 6 heteroatoms. The molecule has 0 saturated carbocycles. The zero-order valence-corrected chi connectivity index (χ0v) is 14.9. The fraction of sp³-hybridized carbons (Fsp3) is 0.250. The highest BCUT2D eigenvalue weighted by Gasteiger charge is 2.30. The molecule has 1 atom stereocenters. The highest BCUT2D eigenvalue weighted by molar-refractivity contribution is 7.08. The third kappa shape index (κ3) is 3.20. The summed E-state index contributed by atoms with van der Waals surface area (Å²) in [7, 11) is 0. The number of esters is 1. The van der Waals surface area contributed by atoms with Gasteiger partial charge in [-0.1, -0.05) is 24.3 Å². The fourth-order valence-electron chi connectivity index (χ4n) is 3.44. The Morgan fingerprint density at radius 2 is 2.12 bits per heavy atom. The molecular weight excluding hydrogens is 348 g/mol.